The molecule has 9 aromatic carbocycles. The average Bonchev–Trinajstić information content (AvgIpc) is 3.80. The predicted molar refractivity (Wildman–Crippen MR) is 222 cm³/mol. The fraction of sp³-hybridized carbons (Fsp3) is 0. The Kier molecular flexibility index (Phi) is 6.55. The molecule has 11 rings (SSSR count). The number of nitrogens with zero attached hydrogens (tertiary/aromatic N) is 1. The molecule has 0 radical (unpaired) electrons. The van der Waals surface area contributed by atoms with Crippen LogP contribution in [0.4, 0.5) is 17.1 Å². The molecule has 0 aliphatic heterocycles. The Morgan fingerprint density at radius 2 is 0.943 bits per heavy atom. The molecule has 0 aliphatic rings. The zero-order valence-corrected chi connectivity index (χ0v) is 28.7. The van der Waals surface area contributed by atoms with Crippen molar-refractivity contribution in [2.24, 2.45) is 0 Å². The molecule has 0 bridgehead atoms. The van der Waals surface area contributed by atoms with Crippen LogP contribution in [0.2, 0.25) is 0 Å². The van der Waals surface area contributed by atoms with Gasteiger partial charge in [0.05, 0.1) is 0 Å². The van der Waals surface area contributed by atoms with Crippen molar-refractivity contribution < 1.29 is 8.83 Å². The lowest BCUT2D eigenvalue weighted by Gasteiger charge is -2.27. The van der Waals surface area contributed by atoms with Gasteiger partial charge in [0.15, 0.2) is 0 Å². The van der Waals surface area contributed by atoms with Crippen LogP contribution in [0.3, 0.4) is 0 Å². The highest BCUT2D eigenvalue weighted by Crippen LogP contribution is 2.47. The highest BCUT2D eigenvalue weighted by molar-refractivity contribution is 6.20. The first-order chi connectivity index (χ1) is 26.3. The molecule has 0 atom stereocenters. The van der Waals surface area contributed by atoms with Crippen LogP contribution < -0.4 is 4.90 Å². The largest absolute Gasteiger partial charge is 0.455 e. The number of benzene rings is 9. The second kappa shape index (κ2) is 11.7. The third-order valence-electron chi connectivity index (χ3n) is 10.6. The Labute approximate surface area is 305 Å². The van der Waals surface area contributed by atoms with Gasteiger partial charge in [0.2, 0.25) is 0 Å². The van der Waals surface area contributed by atoms with Gasteiger partial charge in [-0.1, -0.05) is 140 Å². The van der Waals surface area contributed by atoms with E-state index in [4.69, 9.17) is 8.83 Å². The fourth-order valence-corrected chi connectivity index (χ4v) is 8.08. The summed E-state index contributed by atoms with van der Waals surface area (Å²) >= 11 is 0. The molecular weight excluding hydrogens is 647 g/mol. The Hall–Kier alpha value is -7.10. The van der Waals surface area contributed by atoms with Crippen LogP contribution in [-0.2, 0) is 0 Å². The van der Waals surface area contributed by atoms with Crippen molar-refractivity contribution in [3.8, 4) is 22.3 Å². The van der Waals surface area contributed by atoms with Crippen LogP contribution in [-0.4, -0.2) is 0 Å². The van der Waals surface area contributed by atoms with Crippen molar-refractivity contribution >= 4 is 82.5 Å². The van der Waals surface area contributed by atoms with Crippen molar-refractivity contribution in [2.75, 3.05) is 4.90 Å². The van der Waals surface area contributed by atoms with E-state index in [2.05, 4.69) is 181 Å². The SMILES string of the molecule is c1ccc(-c2ccc(N(c3ccc4ccccc4c3)c3cc(-c4cccc5c4oc4ccccc45)c4oc5c6ccccc6ccc5c4c3)cc2)cc1. The normalized spacial score (nSPS) is 11.8. The Morgan fingerprint density at radius 3 is 1.81 bits per heavy atom. The van der Waals surface area contributed by atoms with Gasteiger partial charge in [-0.15, -0.1) is 0 Å². The summed E-state index contributed by atoms with van der Waals surface area (Å²) in [4.78, 5) is 2.36. The molecule has 0 saturated heterocycles. The van der Waals surface area contributed by atoms with Crippen molar-refractivity contribution in [2.45, 2.75) is 0 Å². The lowest BCUT2D eigenvalue weighted by Crippen LogP contribution is -2.10. The molecule has 0 aliphatic carbocycles. The number of anilines is 3. The first-order valence-electron chi connectivity index (χ1n) is 18.0. The van der Waals surface area contributed by atoms with E-state index >= 15 is 0 Å². The maximum Gasteiger partial charge on any atom is 0.143 e. The van der Waals surface area contributed by atoms with E-state index in [0.717, 1.165) is 82.8 Å². The van der Waals surface area contributed by atoms with Gasteiger partial charge in [0.1, 0.15) is 22.3 Å². The second-order valence-electron chi connectivity index (χ2n) is 13.7. The molecule has 11 aromatic rings. The molecular formula is C50H31NO2. The van der Waals surface area contributed by atoms with Crippen molar-refractivity contribution in [1.82, 2.24) is 0 Å². The first kappa shape index (κ1) is 29.6. The van der Waals surface area contributed by atoms with Gasteiger partial charge in [-0.25, -0.2) is 0 Å². The summed E-state index contributed by atoms with van der Waals surface area (Å²) in [6.07, 6.45) is 0. The van der Waals surface area contributed by atoms with E-state index in [1.807, 2.05) is 12.1 Å². The summed E-state index contributed by atoms with van der Waals surface area (Å²) in [5.74, 6) is 0. The third-order valence-corrected chi connectivity index (χ3v) is 10.6. The van der Waals surface area contributed by atoms with Gasteiger partial charge in [-0.3, -0.25) is 0 Å². The molecule has 0 fully saturated rings. The summed E-state index contributed by atoms with van der Waals surface area (Å²) in [6.45, 7) is 0. The van der Waals surface area contributed by atoms with E-state index in [0.29, 0.717) is 0 Å². The monoisotopic (exact) mass is 677 g/mol. The van der Waals surface area contributed by atoms with E-state index in [9.17, 15) is 0 Å². The molecule has 3 nitrogen and oxygen atoms in total. The first-order valence-corrected chi connectivity index (χ1v) is 18.0. The fourth-order valence-electron chi connectivity index (χ4n) is 8.08. The summed E-state index contributed by atoms with van der Waals surface area (Å²) in [6, 6.07) is 66.8. The number of rotatable bonds is 5. The Bertz CT molecular complexity index is 3170. The molecule has 0 unspecified atom stereocenters. The van der Waals surface area contributed by atoms with E-state index < -0.39 is 0 Å². The van der Waals surface area contributed by atoms with Crippen LogP contribution in [0.15, 0.2) is 197 Å². The van der Waals surface area contributed by atoms with Gasteiger partial charge in [0, 0.05) is 55.1 Å². The number of hydrogen-bond donors (Lipinski definition) is 0. The molecule has 2 heterocycles. The molecule has 0 spiro atoms. The van der Waals surface area contributed by atoms with Crippen molar-refractivity contribution in [3.05, 3.63) is 188 Å². The molecule has 53 heavy (non-hydrogen) atoms. The second-order valence-corrected chi connectivity index (χ2v) is 13.7. The summed E-state index contributed by atoms with van der Waals surface area (Å²) < 4.78 is 13.6. The van der Waals surface area contributed by atoms with Crippen LogP contribution >= 0.6 is 0 Å². The van der Waals surface area contributed by atoms with Gasteiger partial charge in [-0.05, 0) is 75.8 Å². The highest BCUT2D eigenvalue weighted by Gasteiger charge is 2.23. The smallest absolute Gasteiger partial charge is 0.143 e. The summed E-state index contributed by atoms with van der Waals surface area (Å²) in [5, 5.41) is 8.95. The zero-order valence-electron chi connectivity index (χ0n) is 28.7. The molecule has 248 valence electrons. The maximum atomic E-state index is 6.98. The highest BCUT2D eigenvalue weighted by atomic mass is 16.3. The topological polar surface area (TPSA) is 29.5 Å². The predicted octanol–water partition coefficient (Wildman–Crippen LogP) is 14.6. The average molecular weight is 678 g/mol. The lowest BCUT2D eigenvalue weighted by atomic mass is 9.97. The van der Waals surface area contributed by atoms with Crippen LogP contribution in [0.5, 0.6) is 0 Å². The standard InChI is InChI=1S/C50H31NO2/c1-2-11-32(12-3-1)34-21-25-37(26-22-34)51(38-27-23-33-13-4-5-15-36(33)29-38)39-30-45(43-19-10-18-42-41-17-8-9-20-47(41)52-49(42)43)50-46(31-39)44-28-24-35-14-6-7-16-40(35)48(44)53-50/h1-31H. The number of hydrogen-bond acceptors (Lipinski definition) is 3. The number of para-hydroxylation sites is 2. The minimum atomic E-state index is 0.839. The Balaban J connectivity index is 1.22. The van der Waals surface area contributed by atoms with E-state index in [1.165, 1.54) is 21.9 Å². The minimum absolute atomic E-state index is 0.839. The van der Waals surface area contributed by atoms with Crippen molar-refractivity contribution in [3.63, 3.8) is 0 Å². The Morgan fingerprint density at radius 1 is 0.302 bits per heavy atom. The number of fused-ring (bicyclic) bond motifs is 9. The molecule has 2 aromatic heterocycles. The van der Waals surface area contributed by atoms with E-state index in [1.54, 1.807) is 0 Å². The summed E-state index contributed by atoms with van der Waals surface area (Å²) in [7, 11) is 0. The van der Waals surface area contributed by atoms with Crippen LogP contribution in [0, 0.1) is 0 Å². The molecule has 3 heteroatoms. The van der Waals surface area contributed by atoms with Crippen LogP contribution in [0.1, 0.15) is 0 Å². The van der Waals surface area contributed by atoms with Crippen molar-refractivity contribution in [1.29, 1.82) is 0 Å². The van der Waals surface area contributed by atoms with Gasteiger partial charge >= 0.3 is 0 Å². The molecule has 0 saturated carbocycles. The zero-order chi connectivity index (χ0) is 34.9. The minimum Gasteiger partial charge on any atom is -0.455 e. The van der Waals surface area contributed by atoms with Gasteiger partial charge < -0.3 is 13.7 Å². The molecule has 0 amide bonds. The van der Waals surface area contributed by atoms with Gasteiger partial charge in [0.25, 0.3) is 0 Å². The molecule has 0 N–H and O–H groups in total. The van der Waals surface area contributed by atoms with Crippen LogP contribution in [0.25, 0.3) is 87.7 Å². The summed E-state index contributed by atoms with van der Waals surface area (Å²) in [5.41, 5.74) is 10.9. The maximum absolute atomic E-state index is 6.98. The lowest BCUT2D eigenvalue weighted by molar-refractivity contribution is 0.666. The third kappa shape index (κ3) is 4.75. The quantitative estimate of drug-likeness (QED) is 0.182. The number of furan rings is 2. The van der Waals surface area contributed by atoms with Gasteiger partial charge in [-0.2, -0.15) is 0 Å². The van der Waals surface area contributed by atoms with E-state index in [-0.39, 0.29) is 0 Å².